The SMILES string of the molecule is NC(=O)c1nn(-c2nc3ccccc3[nH]2)c2c1C(=O)CCC2. The molecule has 0 radical (unpaired) electrons. The molecular weight excluding hydrogens is 282 g/mol. The Morgan fingerprint density at radius 1 is 1.27 bits per heavy atom. The van der Waals surface area contributed by atoms with Crippen LogP contribution in [0.25, 0.3) is 17.0 Å². The quantitative estimate of drug-likeness (QED) is 0.744. The third kappa shape index (κ3) is 1.75. The summed E-state index contributed by atoms with van der Waals surface area (Å²) in [5, 5.41) is 4.23. The van der Waals surface area contributed by atoms with Crippen LogP contribution in [0.2, 0.25) is 0 Å². The maximum atomic E-state index is 12.1. The molecule has 2 aromatic heterocycles. The fourth-order valence-electron chi connectivity index (χ4n) is 2.91. The second kappa shape index (κ2) is 4.52. The van der Waals surface area contributed by atoms with E-state index in [4.69, 9.17) is 5.73 Å². The van der Waals surface area contributed by atoms with Crippen LogP contribution >= 0.6 is 0 Å². The number of nitrogens with two attached hydrogens (primary N) is 1. The normalized spacial score (nSPS) is 14.3. The van der Waals surface area contributed by atoms with Crippen molar-refractivity contribution in [1.82, 2.24) is 19.7 Å². The van der Waals surface area contributed by atoms with Crippen molar-refractivity contribution in [1.29, 1.82) is 0 Å². The van der Waals surface area contributed by atoms with Gasteiger partial charge in [-0.2, -0.15) is 5.10 Å². The standard InChI is InChI=1S/C15H13N5O2/c16-14(22)13-12-10(6-3-7-11(12)21)20(19-13)15-17-8-4-1-2-5-9(8)18-15/h1-2,4-5H,3,6-7H2,(H2,16,22)(H,17,18). The highest BCUT2D eigenvalue weighted by Crippen LogP contribution is 2.26. The summed E-state index contributed by atoms with van der Waals surface area (Å²) in [6.45, 7) is 0. The summed E-state index contributed by atoms with van der Waals surface area (Å²) >= 11 is 0. The lowest BCUT2D eigenvalue weighted by molar-refractivity contribution is 0.0948. The molecule has 1 amide bonds. The van der Waals surface area contributed by atoms with Gasteiger partial charge in [0.25, 0.3) is 5.91 Å². The summed E-state index contributed by atoms with van der Waals surface area (Å²) in [4.78, 5) is 31.4. The number of H-pyrrole nitrogens is 1. The average molecular weight is 295 g/mol. The first-order chi connectivity index (χ1) is 10.6. The van der Waals surface area contributed by atoms with Gasteiger partial charge in [0.05, 0.1) is 22.3 Å². The molecule has 0 saturated carbocycles. The third-order valence-electron chi connectivity index (χ3n) is 3.89. The first kappa shape index (κ1) is 12.8. The first-order valence-corrected chi connectivity index (χ1v) is 7.05. The summed E-state index contributed by atoms with van der Waals surface area (Å²) in [6, 6.07) is 7.58. The van der Waals surface area contributed by atoms with Crippen molar-refractivity contribution in [3.05, 3.63) is 41.2 Å². The van der Waals surface area contributed by atoms with E-state index in [9.17, 15) is 9.59 Å². The van der Waals surface area contributed by atoms with Gasteiger partial charge in [-0.05, 0) is 25.0 Å². The number of imidazole rings is 1. The van der Waals surface area contributed by atoms with Gasteiger partial charge < -0.3 is 10.7 Å². The third-order valence-corrected chi connectivity index (χ3v) is 3.89. The number of aromatic nitrogens is 4. The van der Waals surface area contributed by atoms with E-state index in [0.717, 1.165) is 17.5 Å². The first-order valence-electron chi connectivity index (χ1n) is 7.05. The Morgan fingerprint density at radius 2 is 2.09 bits per heavy atom. The van der Waals surface area contributed by atoms with E-state index < -0.39 is 5.91 Å². The summed E-state index contributed by atoms with van der Waals surface area (Å²) < 4.78 is 1.53. The van der Waals surface area contributed by atoms with Gasteiger partial charge in [-0.25, -0.2) is 9.67 Å². The molecule has 7 heteroatoms. The minimum atomic E-state index is -0.693. The Labute approximate surface area is 125 Å². The summed E-state index contributed by atoms with van der Waals surface area (Å²) in [6.07, 6.45) is 1.81. The number of benzene rings is 1. The van der Waals surface area contributed by atoms with Gasteiger partial charge in [-0.15, -0.1) is 0 Å². The zero-order valence-electron chi connectivity index (χ0n) is 11.7. The maximum absolute atomic E-state index is 12.1. The average Bonchev–Trinajstić information content (AvgIpc) is 3.08. The van der Waals surface area contributed by atoms with Gasteiger partial charge in [0.1, 0.15) is 0 Å². The predicted octanol–water partition coefficient (Wildman–Crippen LogP) is 1.37. The molecule has 110 valence electrons. The van der Waals surface area contributed by atoms with E-state index in [2.05, 4.69) is 15.1 Å². The van der Waals surface area contributed by atoms with Crippen LogP contribution in [-0.2, 0) is 6.42 Å². The number of hydrogen-bond donors (Lipinski definition) is 2. The molecule has 1 aromatic carbocycles. The highest BCUT2D eigenvalue weighted by atomic mass is 16.1. The topological polar surface area (TPSA) is 107 Å². The number of primary amides is 1. The van der Waals surface area contributed by atoms with Crippen LogP contribution in [-0.4, -0.2) is 31.4 Å². The van der Waals surface area contributed by atoms with Crippen LogP contribution in [0.5, 0.6) is 0 Å². The van der Waals surface area contributed by atoms with Crippen molar-refractivity contribution >= 4 is 22.7 Å². The molecule has 0 fully saturated rings. The number of amides is 1. The monoisotopic (exact) mass is 295 g/mol. The Bertz CT molecular complexity index is 888. The highest BCUT2D eigenvalue weighted by Gasteiger charge is 2.30. The van der Waals surface area contributed by atoms with Gasteiger partial charge in [0.2, 0.25) is 5.95 Å². The number of fused-ring (bicyclic) bond motifs is 2. The number of para-hydroxylation sites is 2. The maximum Gasteiger partial charge on any atom is 0.269 e. The molecule has 0 spiro atoms. The number of nitrogens with zero attached hydrogens (tertiary/aromatic N) is 3. The van der Waals surface area contributed by atoms with Crippen molar-refractivity contribution in [3.63, 3.8) is 0 Å². The Morgan fingerprint density at radius 3 is 2.86 bits per heavy atom. The number of Topliss-reactive ketones (excluding diaryl/α,β-unsaturated/α-hetero) is 1. The molecule has 1 aliphatic carbocycles. The fourth-order valence-corrected chi connectivity index (χ4v) is 2.91. The smallest absolute Gasteiger partial charge is 0.269 e. The number of carbonyl (C=O) groups excluding carboxylic acids is 2. The van der Waals surface area contributed by atoms with Gasteiger partial charge in [-0.1, -0.05) is 12.1 Å². The zero-order chi connectivity index (χ0) is 15.3. The summed E-state index contributed by atoms with van der Waals surface area (Å²) in [7, 11) is 0. The number of carbonyl (C=O) groups is 2. The second-order valence-electron chi connectivity index (χ2n) is 5.30. The van der Waals surface area contributed by atoms with E-state index in [-0.39, 0.29) is 11.5 Å². The Kier molecular flexibility index (Phi) is 2.62. The molecule has 3 aromatic rings. The van der Waals surface area contributed by atoms with Crippen molar-refractivity contribution in [3.8, 4) is 5.95 Å². The molecule has 3 N–H and O–H groups in total. The van der Waals surface area contributed by atoms with Gasteiger partial charge in [-0.3, -0.25) is 9.59 Å². The fraction of sp³-hybridized carbons (Fsp3) is 0.200. The van der Waals surface area contributed by atoms with Gasteiger partial charge >= 0.3 is 0 Å². The summed E-state index contributed by atoms with van der Waals surface area (Å²) in [5.74, 6) is -0.293. The van der Waals surface area contributed by atoms with Crippen LogP contribution < -0.4 is 5.73 Å². The number of aromatic amines is 1. The van der Waals surface area contributed by atoms with Crippen LogP contribution in [0.4, 0.5) is 0 Å². The van der Waals surface area contributed by atoms with Crippen LogP contribution in [0.3, 0.4) is 0 Å². The summed E-state index contributed by atoms with van der Waals surface area (Å²) in [5.41, 5.74) is 8.10. The molecule has 0 saturated heterocycles. The lowest BCUT2D eigenvalue weighted by atomic mass is 9.94. The number of nitrogens with one attached hydrogen (secondary N) is 1. The lowest BCUT2D eigenvalue weighted by Crippen LogP contribution is -2.18. The minimum absolute atomic E-state index is 0.0279. The molecule has 0 atom stereocenters. The number of hydrogen-bond acceptors (Lipinski definition) is 4. The highest BCUT2D eigenvalue weighted by molar-refractivity contribution is 6.08. The van der Waals surface area contributed by atoms with E-state index >= 15 is 0 Å². The van der Waals surface area contributed by atoms with Crippen LogP contribution in [0.1, 0.15) is 39.4 Å². The molecule has 7 nitrogen and oxygen atoms in total. The Balaban J connectivity index is 1.97. The molecule has 2 heterocycles. The zero-order valence-corrected chi connectivity index (χ0v) is 11.7. The van der Waals surface area contributed by atoms with E-state index in [0.29, 0.717) is 30.0 Å². The molecule has 0 bridgehead atoms. The Hall–Kier alpha value is -2.96. The lowest BCUT2D eigenvalue weighted by Gasteiger charge is -2.11. The van der Waals surface area contributed by atoms with Gasteiger partial charge in [0, 0.05) is 6.42 Å². The van der Waals surface area contributed by atoms with Crippen molar-refractivity contribution in [2.45, 2.75) is 19.3 Å². The van der Waals surface area contributed by atoms with Crippen LogP contribution in [0, 0.1) is 0 Å². The molecule has 0 unspecified atom stereocenters. The number of ketones is 1. The largest absolute Gasteiger partial charge is 0.364 e. The molecular formula is C15H13N5O2. The van der Waals surface area contributed by atoms with Crippen molar-refractivity contribution in [2.24, 2.45) is 5.73 Å². The van der Waals surface area contributed by atoms with Gasteiger partial charge in [0.15, 0.2) is 11.5 Å². The van der Waals surface area contributed by atoms with Crippen LogP contribution in [0.15, 0.2) is 24.3 Å². The van der Waals surface area contributed by atoms with E-state index in [1.807, 2.05) is 24.3 Å². The minimum Gasteiger partial charge on any atom is -0.364 e. The molecule has 0 aliphatic heterocycles. The molecule has 22 heavy (non-hydrogen) atoms. The molecule has 1 aliphatic rings. The van der Waals surface area contributed by atoms with E-state index in [1.165, 1.54) is 4.68 Å². The predicted molar refractivity (Wildman–Crippen MR) is 79.0 cm³/mol. The molecule has 4 rings (SSSR count). The van der Waals surface area contributed by atoms with E-state index in [1.54, 1.807) is 0 Å². The van der Waals surface area contributed by atoms with Crippen molar-refractivity contribution < 1.29 is 9.59 Å². The number of rotatable bonds is 2. The van der Waals surface area contributed by atoms with Crippen molar-refractivity contribution in [2.75, 3.05) is 0 Å². The second-order valence-corrected chi connectivity index (χ2v) is 5.30.